The molecule has 0 bridgehead atoms. The molecule has 34 heavy (non-hydrogen) atoms. The first-order valence-electron chi connectivity index (χ1n) is 10.2. The summed E-state index contributed by atoms with van der Waals surface area (Å²) in [5.74, 6) is -1.73. The molecule has 0 aromatic heterocycles. The van der Waals surface area contributed by atoms with E-state index in [1.165, 1.54) is 36.1 Å². The first kappa shape index (κ1) is 26.8. The minimum atomic E-state index is -3.50. The van der Waals surface area contributed by atoms with Crippen LogP contribution in [0.5, 0.6) is 0 Å². The summed E-state index contributed by atoms with van der Waals surface area (Å²) in [6.45, 7) is 4.08. The maximum Gasteiger partial charge on any atom is 0.414 e. The van der Waals surface area contributed by atoms with Crippen molar-refractivity contribution in [1.29, 1.82) is 0 Å². The summed E-state index contributed by atoms with van der Waals surface area (Å²) in [6, 6.07) is 5.35. The second-order valence-corrected chi connectivity index (χ2v) is 10.6. The molecule has 1 heterocycles. The van der Waals surface area contributed by atoms with Crippen LogP contribution < -0.4 is 0 Å². The summed E-state index contributed by atoms with van der Waals surface area (Å²) in [5.41, 5.74) is -0.631. The van der Waals surface area contributed by atoms with Gasteiger partial charge >= 0.3 is 12.1 Å². The standard InChI is InChI=1S/C21H27N3O9S/c1-14(25)23-18(19(26)32-4)17(12-21(23,2)3)22(10-11-34(5,30)31)20(27)33-13-15-6-8-16(9-7-15)24(28)29/h6-9H,10-13H2,1-5H3. The van der Waals surface area contributed by atoms with Crippen LogP contribution in [0.15, 0.2) is 35.7 Å². The third-order valence-electron chi connectivity index (χ3n) is 5.14. The maximum absolute atomic E-state index is 13.1. The molecule has 1 aromatic carbocycles. The van der Waals surface area contributed by atoms with E-state index >= 15 is 0 Å². The molecule has 0 fully saturated rings. The van der Waals surface area contributed by atoms with Gasteiger partial charge in [-0.15, -0.1) is 0 Å². The Labute approximate surface area is 197 Å². The third-order valence-corrected chi connectivity index (χ3v) is 6.06. The van der Waals surface area contributed by atoms with E-state index in [2.05, 4.69) is 0 Å². The molecule has 0 saturated heterocycles. The Balaban J connectivity index is 2.42. The summed E-state index contributed by atoms with van der Waals surface area (Å²) in [4.78, 5) is 50.5. The van der Waals surface area contributed by atoms with Crippen LogP contribution in [0, 0.1) is 10.1 Å². The lowest BCUT2D eigenvalue weighted by atomic mass is 10.0. The predicted octanol–water partition coefficient (Wildman–Crippen LogP) is 1.99. The Hall–Kier alpha value is -3.48. The highest BCUT2D eigenvalue weighted by Gasteiger charge is 2.47. The van der Waals surface area contributed by atoms with Crippen molar-refractivity contribution >= 4 is 33.5 Å². The number of carbonyl (C=O) groups excluding carboxylic acids is 3. The topological polar surface area (TPSA) is 153 Å². The molecule has 13 heteroatoms. The second kappa shape index (κ2) is 10.2. The Morgan fingerprint density at radius 3 is 2.26 bits per heavy atom. The number of sulfone groups is 1. The van der Waals surface area contributed by atoms with E-state index < -0.39 is 44.0 Å². The Bertz CT molecular complexity index is 1120. The molecule has 186 valence electrons. The van der Waals surface area contributed by atoms with Gasteiger partial charge in [-0.2, -0.15) is 0 Å². The van der Waals surface area contributed by atoms with Crippen molar-refractivity contribution in [3.63, 3.8) is 0 Å². The molecule has 0 aliphatic carbocycles. The number of methoxy groups -OCH3 is 1. The molecule has 2 amide bonds. The van der Waals surface area contributed by atoms with Crippen LogP contribution in [0.2, 0.25) is 0 Å². The molecule has 0 saturated carbocycles. The van der Waals surface area contributed by atoms with Gasteiger partial charge in [-0.3, -0.25) is 24.7 Å². The summed E-state index contributed by atoms with van der Waals surface area (Å²) in [7, 11) is -2.37. The van der Waals surface area contributed by atoms with Crippen LogP contribution in [0.25, 0.3) is 0 Å². The summed E-state index contributed by atoms with van der Waals surface area (Å²) < 4.78 is 33.8. The molecule has 0 atom stereocenters. The lowest BCUT2D eigenvalue weighted by molar-refractivity contribution is -0.384. The molecule has 2 rings (SSSR count). The first-order chi connectivity index (χ1) is 15.7. The van der Waals surface area contributed by atoms with E-state index in [0.717, 1.165) is 18.3 Å². The fourth-order valence-electron chi connectivity index (χ4n) is 3.65. The van der Waals surface area contributed by atoms with Crippen molar-refractivity contribution in [2.75, 3.05) is 25.7 Å². The number of carbonyl (C=O) groups is 3. The molecule has 1 aliphatic heterocycles. The number of hydrogen-bond donors (Lipinski definition) is 0. The number of benzene rings is 1. The highest BCUT2D eigenvalue weighted by molar-refractivity contribution is 7.90. The number of ether oxygens (including phenoxy) is 2. The smallest absolute Gasteiger partial charge is 0.414 e. The molecule has 1 aliphatic rings. The number of amides is 2. The Morgan fingerprint density at radius 2 is 1.79 bits per heavy atom. The number of nitrogens with zero attached hydrogens (tertiary/aromatic N) is 3. The molecule has 0 spiro atoms. The van der Waals surface area contributed by atoms with Crippen LogP contribution in [0.3, 0.4) is 0 Å². The monoisotopic (exact) mass is 497 g/mol. The molecular formula is C21H27N3O9S. The highest BCUT2D eigenvalue weighted by Crippen LogP contribution is 2.39. The van der Waals surface area contributed by atoms with Crippen molar-refractivity contribution in [3.05, 3.63) is 51.3 Å². The Morgan fingerprint density at radius 1 is 1.21 bits per heavy atom. The van der Waals surface area contributed by atoms with Crippen LogP contribution >= 0.6 is 0 Å². The zero-order valence-electron chi connectivity index (χ0n) is 19.6. The first-order valence-corrected chi connectivity index (χ1v) is 12.2. The van der Waals surface area contributed by atoms with Crippen LogP contribution in [-0.4, -0.2) is 72.3 Å². The van der Waals surface area contributed by atoms with E-state index in [9.17, 15) is 32.9 Å². The van der Waals surface area contributed by atoms with Gasteiger partial charge in [0, 0.05) is 43.8 Å². The highest BCUT2D eigenvalue weighted by atomic mass is 32.2. The van der Waals surface area contributed by atoms with E-state index in [1.807, 2.05) is 0 Å². The largest absolute Gasteiger partial charge is 0.464 e. The van der Waals surface area contributed by atoms with Gasteiger partial charge < -0.3 is 9.47 Å². The number of nitro benzene ring substituents is 1. The summed E-state index contributed by atoms with van der Waals surface area (Å²) >= 11 is 0. The van der Waals surface area contributed by atoms with Gasteiger partial charge in [-0.1, -0.05) is 0 Å². The van der Waals surface area contributed by atoms with Gasteiger partial charge in [-0.25, -0.2) is 18.0 Å². The van der Waals surface area contributed by atoms with Crippen molar-refractivity contribution < 1.29 is 37.2 Å². The summed E-state index contributed by atoms with van der Waals surface area (Å²) in [5, 5.41) is 10.8. The maximum atomic E-state index is 13.1. The third kappa shape index (κ3) is 6.31. The van der Waals surface area contributed by atoms with Crippen molar-refractivity contribution in [3.8, 4) is 0 Å². The molecule has 1 aromatic rings. The van der Waals surface area contributed by atoms with Crippen LogP contribution in [0.4, 0.5) is 10.5 Å². The molecule has 0 radical (unpaired) electrons. The minimum absolute atomic E-state index is 0.0629. The van der Waals surface area contributed by atoms with Crippen molar-refractivity contribution in [2.45, 2.75) is 39.3 Å². The number of nitro groups is 1. The van der Waals surface area contributed by atoms with E-state index in [0.29, 0.717) is 5.56 Å². The average Bonchev–Trinajstić information content (AvgIpc) is 3.02. The summed E-state index contributed by atoms with van der Waals surface area (Å²) in [6.07, 6.45) is 0.122. The zero-order valence-corrected chi connectivity index (χ0v) is 20.4. The molecule has 0 unspecified atom stereocenters. The van der Waals surface area contributed by atoms with Gasteiger partial charge in [-0.05, 0) is 31.5 Å². The van der Waals surface area contributed by atoms with Gasteiger partial charge in [0.2, 0.25) is 5.91 Å². The Kier molecular flexibility index (Phi) is 8.03. The molecular weight excluding hydrogens is 470 g/mol. The lowest BCUT2D eigenvalue weighted by Crippen LogP contribution is -2.43. The predicted molar refractivity (Wildman–Crippen MR) is 120 cm³/mol. The average molecular weight is 498 g/mol. The van der Waals surface area contributed by atoms with E-state index in [1.54, 1.807) is 13.8 Å². The number of non-ortho nitro benzene ring substituents is 1. The zero-order chi connectivity index (χ0) is 25.8. The van der Waals surface area contributed by atoms with E-state index in [-0.39, 0.29) is 36.7 Å². The van der Waals surface area contributed by atoms with Crippen molar-refractivity contribution in [1.82, 2.24) is 9.80 Å². The van der Waals surface area contributed by atoms with Gasteiger partial charge in [0.25, 0.3) is 5.69 Å². The molecule has 0 N–H and O–H groups in total. The second-order valence-electron chi connectivity index (χ2n) is 8.39. The number of esters is 1. The SMILES string of the molecule is COC(=O)C1=C(N(CCS(C)(=O)=O)C(=O)OCc2ccc([N+](=O)[O-])cc2)CC(C)(C)N1C(C)=O. The number of hydrogen-bond acceptors (Lipinski definition) is 9. The van der Waals surface area contributed by atoms with Crippen LogP contribution in [0.1, 0.15) is 32.8 Å². The minimum Gasteiger partial charge on any atom is -0.464 e. The van der Waals surface area contributed by atoms with Gasteiger partial charge in [0.05, 0.1) is 23.5 Å². The lowest BCUT2D eigenvalue weighted by Gasteiger charge is -2.31. The van der Waals surface area contributed by atoms with E-state index in [4.69, 9.17) is 9.47 Å². The quantitative estimate of drug-likeness (QED) is 0.298. The van der Waals surface area contributed by atoms with Gasteiger partial charge in [0.15, 0.2) is 5.70 Å². The van der Waals surface area contributed by atoms with Crippen molar-refractivity contribution in [2.24, 2.45) is 0 Å². The normalized spacial score (nSPS) is 15.1. The fourth-order valence-corrected chi connectivity index (χ4v) is 4.16. The number of rotatable bonds is 8. The molecule has 12 nitrogen and oxygen atoms in total. The fraction of sp³-hybridized carbons (Fsp3) is 0.476. The van der Waals surface area contributed by atoms with Gasteiger partial charge in [0.1, 0.15) is 16.4 Å². The van der Waals surface area contributed by atoms with Crippen LogP contribution in [-0.2, 0) is 35.5 Å².